The summed E-state index contributed by atoms with van der Waals surface area (Å²) in [5.74, 6) is 0.291. The van der Waals surface area contributed by atoms with Crippen LogP contribution in [0.5, 0.6) is 0 Å². The first-order valence-electron chi connectivity index (χ1n) is 9.69. The van der Waals surface area contributed by atoms with Crippen molar-refractivity contribution in [2.24, 2.45) is 0 Å². The summed E-state index contributed by atoms with van der Waals surface area (Å²) in [5.41, 5.74) is 4.02. The van der Waals surface area contributed by atoms with Gasteiger partial charge in [-0.1, -0.05) is 36.4 Å². The van der Waals surface area contributed by atoms with Gasteiger partial charge in [0.1, 0.15) is 11.6 Å². The van der Waals surface area contributed by atoms with Crippen molar-refractivity contribution < 1.29 is 13.2 Å². The summed E-state index contributed by atoms with van der Waals surface area (Å²) in [4.78, 5) is 4.80. The Labute approximate surface area is 176 Å². The molecule has 0 saturated carbocycles. The number of fused-ring (bicyclic) bond motifs is 1. The first-order valence-corrected chi connectivity index (χ1v) is 9.69. The van der Waals surface area contributed by atoms with Gasteiger partial charge in [-0.3, -0.25) is 0 Å². The normalized spacial score (nSPS) is 11.5. The molecule has 0 unspecified atom stereocenters. The minimum absolute atomic E-state index is 0.0423. The van der Waals surface area contributed by atoms with Gasteiger partial charge in [0.25, 0.3) is 6.43 Å². The third-order valence-electron chi connectivity index (χ3n) is 5.19. The summed E-state index contributed by atoms with van der Waals surface area (Å²) in [6.07, 6.45) is 1.21. The number of nitrogens with zero attached hydrogens (tertiary/aromatic N) is 4. The van der Waals surface area contributed by atoms with E-state index in [0.717, 1.165) is 11.1 Å². The number of alkyl halides is 2. The molecule has 5 aromatic rings. The molecule has 0 spiro atoms. The SMILES string of the molecule is Cc1nn2c(-c3cccc(F)c3)cc(-n3cccc3)nc2c1-c1ccc(C(F)F)cc1. The monoisotopic (exact) mass is 418 g/mol. The third-order valence-corrected chi connectivity index (χ3v) is 5.19. The molecule has 7 heteroatoms. The van der Waals surface area contributed by atoms with Crippen molar-refractivity contribution in [2.45, 2.75) is 13.3 Å². The zero-order valence-corrected chi connectivity index (χ0v) is 16.5. The highest BCUT2D eigenvalue weighted by molar-refractivity contribution is 5.82. The Morgan fingerprint density at radius 3 is 2.29 bits per heavy atom. The Bertz CT molecular complexity index is 1370. The minimum Gasteiger partial charge on any atom is -0.309 e. The fraction of sp³-hybridized carbons (Fsp3) is 0.0833. The molecule has 5 rings (SSSR count). The molecule has 0 aliphatic carbocycles. The quantitative estimate of drug-likeness (QED) is 0.346. The average Bonchev–Trinajstić information content (AvgIpc) is 3.40. The van der Waals surface area contributed by atoms with Crippen LogP contribution in [0.4, 0.5) is 13.2 Å². The maximum absolute atomic E-state index is 14.0. The standard InChI is InChI=1S/C24H17F3N4/c1-15-22(16-7-9-17(10-8-16)23(26)27)24-28-21(30-11-2-3-12-30)14-20(31(24)29-15)18-5-4-6-19(25)13-18/h2-14,23H,1H3. The molecule has 2 aromatic carbocycles. The molecule has 0 radical (unpaired) electrons. The van der Waals surface area contributed by atoms with Gasteiger partial charge in [0, 0.05) is 35.2 Å². The van der Waals surface area contributed by atoms with Crippen molar-refractivity contribution in [2.75, 3.05) is 0 Å². The van der Waals surface area contributed by atoms with Crippen LogP contribution < -0.4 is 0 Å². The number of benzene rings is 2. The van der Waals surface area contributed by atoms with E-state index in [4.69, 9.17) is 4.98 Å². The van der Waals surface area contributed by atoms with Crippen LogP contribution in [0, 0.1) is 12.7 Å². The van der Waals surface area contributed by atoms with Crippen LogP contribution in [0.25, 0.3) is 33.8 Å². The minimum atomic E-state index is -2.53. The van der Waals surface area contributed by atoms with Crippen molar-refractivity contribution in [1.82, 2.24) is 19.2 Å². The number of halogens is 3. The van der Waals surface area contributed by atoms with E-state index in [0.29, 0.717) is 28.4 Å². The van der Waals surface area contributed by atoms with Crippen molar-refractivity contribution in [1.29, 1.82) is 0 Å². The molecule has 0 atom stereocenters. The van der Waals surface area contributed by atoms with Gasteiger partial charge in [0.15, 0.2) is 5.65 Å². The summed E-state index contributed by atoms with van der Waals surface area (Å²) in [5, 5.41) is 4.65. The van der Waals surface area contributed by atoms with Crippen LogP contribution in [0.1, 0.15) is 17.7 Å². The summed E-state index contributed by atoms with van der Waals surface area (Å²) in [7, 11) is 0. The lowest BCUT2D eigenvalue weighted by Gasteiger charge is -2.10. The van der Waals surface area contributed by atoms with Crippen LogP contribution in [0.15, 0.2) is 79.1 Å². The average molecular weight is 418 g/mol. The summed E-state index contributed by atoms with van der Waals surface area (Å²) < 4.78 is 43.5. The Morgan fingerprint density at radius 2 is 1.61 bits per heavy atom. The number of hydrogen-bond acceptors (Lipinski definition) is 2. The van der Waals surface area contributed by atoms with Crippen molar-refractivity contribution >= 4 is 5.65 Å². The first-order chi connectivity index (χ1) is 15.0. The van der Waals surface area contributed by atoms with Crippen molar-refractivity contribution in [3.63, 3.8) is 0 Å². The van der Waals surface area contributed by atoms with Crippen LogP contribution in [0.2, 0.25) is 0 Å². The Hall–Kier alpha value is -3.87. The number of aromatic nitrogens is 4. The van der Waals surface area contributed by atoms with E-state index < -0.39 is 6.43 Å². The predicted molar refractivity (Wildman–Crippen MR) is 113 cm³/mol. The molecule has 31 heavy (non-hydrogen) atoms. The van der Waals surface area contributed by atoms with Crippen LogP contribution >= 0.6 is 0 Å². The topological polar surface area (TPSA) is 35.1 Å². The smallest absolute Gasteiger partial charge is 0.263 e. The summed E-state index contributed by atoms with van der Waals surface area (Å²) >= 11 is 0. The van der Waals surface area contributed by atoms with Gasteiger partial charge in [-0.05, 0) is 36.8 Å². The maximum Gasteiger partial charge on any atom is 0.263 e. The Morgan fingerprint density at radius 1 is 0.871 bits per heavy atom. The van der Waals surface area contributed by atoms with E-state index in [1.54, 1.807) is 22.7 Å². The highest BCUT2D eigenvalue weighted by atomic mass is 19.3. The van der Waals surface area contributed by atoms with Gasteiger partial charge in [-0.2, -0.15) is 5.10 Å². The van der Waals surface area contributed by atoms with Crippen molar-refractivity contribution in [3.8, 4) is 28.2 Å². The predicted octanol–water partition coefficient (Wildman–Crippen LogP) is 6.24. The molecule has 0 saturated heterocycles. The fourth-order valence-corrected chi connectivity index (χ4v) is 3.72. The van der Waals surface area contributed by atoms with E-state index >= 15 is 0 Å². The summed E-state index contributed by atoms with van der Waals surface area (Å²) in [6.45, 7) is 1.84. The van der Waals surface area contributed by atoms with Gasteiger partial charge >= 0.3 is 0 Å². The second kappa shape index (κ2) is 7.43. The molecule has 0 fully saturated rings. The Kier molecular flexibility index (Phi) is 4.58. The molecular formula is C24H17F3N4. The van der Waals surface area contributed by atoms with Gasteiger partial charge in [0.05, 0.1) is 11.4 Å². The van der Waals surface area contributed by atoms with E-state index in [-0.39, 0.29) is 11.4 Å². The molecule has 3 aromatic heterocycles. The molecular weight excluding hydrogens is 401 g/mol. The molecule has 0 amide bonds. The molecule has 4 nitrogen and oxygen atoms in total. The lowest BCUT2D eigenvalue weighted by Crippen LogP contribution is -2.02. The second-order valence-corrected chi connectivity index (χ2v) is 7.22. The van der Waals surface area contributed by atoms with Crippen molar-refractivity contribution in [3.05, 3.63) is 96.2 Å². The van der Waals surface area contributed by atoms with Gasteiger partial charge in [-0.25, -0.2) is 22.7 Å². The van der Waals surface area contributed by atoms with Crippen LogP contribution in [-0.2, 0) is 0 Å². The molecule has 0 aliphatic rings. The van der Waals surface area contributed by atoms with Gasteiger partial charge in [-0.15, -0.1) is 0 Å². The second-order valence-electron chi connectivity index (χ2n) is 7.22. The fourth-order valence-electron chi connectivity index (χ4n) is 3.72. The number of rotatable bonds is 4. The maximum atomic E-state index is 14.0. The number of aryl methyl sites for hydroxylation is 1. The molecule has 154 valence electrons. The zero-order chi connectivity index (χ0) is 21.5. The largest absolute Gasteiger partial charge is 0.309 e. The van der Waals surface area contributed by atoms with Gasteiger partial charge in [0.2, 0.25) is 0 Å². The molecule has 0 bridgehead atoms. The van der Waals surface area contributed by atoms with E-state index in [1.165, 1.54) is 24.3 Å². The molecule has 0 aliphatic heterocycles. The number of hydrogen-bond donors (Lipinski definition) is 0. The third kappa shape index (κ3) is 3.38. The van der Waals surface area contributed by atoms with Crippen LogP contribution in [0.3, 0.4) is 0 Å². The van der Waals surface area contributed by atoms with E-state index in [1.807, 2.05) is 48.1 Å². The van der Waals surface area contributed by atoms with Gasteiger partial charge < -0.3 is 4.57 Å². The first kappa shape index (κ1) is 19.1. The zero-order valence-electron chi connectivity index (χ0n) is 16.5. The highest BCUT2D eigenvalue weighted by Crippen LogP contribution is 2.33. The van der Waals surface area contributed by atoms with Crippen LogP contribution in [-0.4, -0.2) is 19.2 Å². The highest BCUT2D eigenvalue weighted by Gasteiger charge is 2.19. The lowest BCUT2D eigenvalue weighted by molar-refractivity contribution is 0.151. The Balaban J connectivity index is 1.79. The molecule has 3 heterocycles. The molecule has 0 N–H and O–H groups in total. The summed E-state index contributed by atoms with van der Waals surface area (Å²) in [6, 6.07) is 18.0. The van der Waals surface area contributed by atoms with E-state index in [2.05, 4.69) is 5.10 Å². The lowest BCUT2D eigenvalue weighted by atomic mass is 10.0. The van der Waals surface area contributed by atoms with E-state index in [9.17, 15) is 13.2 Å².